The molecule has 1 rings (SSSR count). The van der Waals surface area contributed by atoms with Crippen molar-refractivity contribution >= 4 is 11.8 Å². The monoisotopic (exact) mass is 226 g/mol. The van der Waals surface area contributed by atoms with Gasteiger partial charge in [0.25, 0.3) is 0 Å². The first-order valence-electron chi connectivity index (χ1n) is 4.75. The van der Waals surface area contributed by atoms with Gasteiger partial charge in [-0.1, -0.05) is 18.2 Å². The summed E-state index contributed by atoms with van der Waals surface area (Å²) < 4.78 is 4.66. The topological polar surface area (TPSA) is 90.8 Å². The second kappa shape index (κ2) is 6.65. The summed E-state index contributed by atoms with van der Waals surface area (Å²) in [5.41, 5.74) is 5.57. The van der Waals surface area contributed by atoms with E-state index in [1.54, 1.807) is 24.3 Å². The molecule has 1 aromatic rings. The lowest BCUT2D eigenvalue weighted by Crippen LogP contribution is -2.35. The highest BCUT2D eigenvalue weighted by atomic mass is 16.6. The van der Waals surface area contributed by atoms with Gasteiger partial charge in [-0.3, -0.25) is 5.43 Å². The van der Waals surface area contributed by atoms with Gasteiger partial charge in [-0.15, -0.1) is 0 Å². The summed E-state index contributed by atoms with van der Waals surface area (Å²) in [6, 6.07) is 8.97. The van der Waals surface area contributed by atoms with Gasteiger partial charge >= 0.3 is 6.09 Å². The number of ether oxygens (including phenoxy) is 1. The van der Waals surface area contributed by atoms with E-state index in [0.29, 0.717) is 5.69 Å². The number of hydrazine groups is 1. The van der Waals surface area contributed by atoms with Crippen molar-refractivity contribution in [3.8, 4) is 0 Å². The Morgan fingerprint density at radius 2 is 1.88 bits per heavy atom. The molecule has 0 heterocycles. The lowest BCUT2D eigenvalue weighted by Gasteiger charge is -2.14. The van der Waals surface area contributed by atoms with Gasteiger partial charge in [0.15, 0.2) is 0 Å². The highest BCUT2D eigenvalue weighted by Gasteiger charge is 2.11. The van der Waals surface area contributed by atoms with Crippen LogP contribution in [0.25, 0.3) is 0 Å². The molecule has 1 aromatic carbocycles. The van der Waals surface area contributed by atoms with E-state index in [1.165, 1.54) is 0 Å². The van der Waals surface area contributed by atoms with Gasteiger partial charge in [0, 0.05) is 0 Å². The molecule has 0 radical (unpaired) electrons. The summed E-state index contributed by atoms with van der Waals surface area (Å²) in [7, 11) is 0. The summed E-state index contributed by atoms with van der Waals surface area (Å²) in [6.07, 6.45) is -1.67. The second-order valence-corrected chi connectivity index (χ2v) is 3.01. The molecule has 0 saturated heterocycles. The number of amides is 1. The predicted molar refractivity (Wildman–Crippen MR) is 57.6 cm³/mol. The summed E-state index contributed by atoms with van der Waals surface area (Å²) in [6.45, 7) is -0.843. The average Bonchev–Trinajstić information content (AvgIpc) is 2.34. The minimum Gasteiger partial charge on any atom is -0.440 e. The molecule has 16 heavy (non-hydrogen) atoms. The summed E-state index contributed by atoms with van der Waals surface area (Å²) in [5, 5.41) is 17.3. The van der Waals surface area contributed by atoms with Crippen molar-refractivity contribution in [1.82, 2.24) is 5.43 Å². The number of carbonyl (C=O) groups excluding carboxylic acids is 1. The van der Waals surface area contributed by atoms with Crippen molar-refractivity contribution in [2.45, 2.75) is 6.10 Å². The Hall–Kier alpha value is -1.79. The molecule has 0 aromatic heterocycles. The third-order valence-electron chi connectivity index (χ3n) is 1.76. The molecule has 1 amide bonds. The highest BCUT2D eigenvalue weighted by molar-refractivity contribution is 5.69. The zero-order valence-electron chi connectivity index (χ0n) is 8.59. The first-order valence-corrected chi connectivity index (χ1v) is 4.75. The van der Waals surface area contributed by atoms with Gasteiger partial charge in [-0.05, 0) is 12.1 Å². The molecule has 0 unspecified atom stereocenters. The zero-order valence-corrected chi connectivity index (χ0v) is 8.59. The van der Waals surface area contributed by atoms with E-state index in [1.807, 2.05) is 6.07 Å². The maximum atomic E-state index is 11.1. The molecular formula is C10H14N2O4. The van der Waals surface area contributed by atoms with Gasteiger partial charge in [0.05, 0.1) is 18.9 Å². The Labute approximate surface area is 92.8 Å². The molecule has 0 fully saturated rings. The second-order valence-electron chi connectivity index (χ2n) is 3.01. The number of aliphatic hydroxyl groups excluding tert-OH is 2. The number of anilines is 1. The fraction of sp³-hybridized carbons (Fsp3) is 0.300. The molecule has 0 aliphatic heterocycles. The molecule has 0 spiro atoms. The lowest BCUT2D eigenvalue weighted by molar-refractivity contribution is 0.0232. The van der Waals surface area contributed by atoms with Crippen molar-refractivity contribution < 1.29 is 19.7 Å². The van der Waals surface area contributed by atoms with Crippen LogP contribution in [-0.2, 0) is 4.74 Å². The molecule has 0 aliphatic carbocycles. The van der Waals surface area contributed by atoms with Crippen LogP contribution in [0.5, 0.6) is 0 Å². The van der Waals surface area contributed by atoms with Gasteiger partial charge in [-0.25, -0.2) is 10.2 Å². The first-order chi connectivity index (χ1) is 7.76. The van der Waals surface area contributed by atoms with Gasteiger partial charge < -0.3 is 14.9 Å². The Bertz CT molecular complexity index is 314. The minimum absolute atomic E-state index is 0.421. The van der Waals surface area contributed by atoms with E-state index in [4.69, 9.17) is 10.2 Å². The standard InChI is InChI=1S/C10H14N2O4/c13-6-9(7-14)16-10(15)12-11-8-4-2-1-3-5-8/h1-5,9,11,13-14H,6-7H2,(H,12,15). The number of hydrogen-bond acceptors (Lipinski definition) is 5. The van der Waals surface area contributed by atoms with Crippen molar-refractivity contribution in [3.05, 3.63) is 30.3 Å². The zero-order chi connectivity index (χ0) is 11.8. The number of carbonyl (C=O) groups is 1. The quantitative estimate of drug-likeness (QED) is 0.534. The number of rotatable bonds is 5. The summed E-state index contributed by atoms with van der Waals surface area (Å²) in [4.78, 5) is 11.1. The van der Waals surface area contributed by atoms with E-state index in [2.05, 4.69) is 15.6 Å². The van der Waals surface area contributed by atoms with Crippen LogP contribution in [0.1, 0.15) is 0 Å². The van der Waals surface area contributed by atoms with Crippen molar-refractivity contribution in [2.24, 2.45) is 0 Å². The third kappa shape index (κ3) is 4.16. The van der Waals surface area contributed by atoms with E-state index >= 15 is 0 Å². The van der Waals surface area contributed by atoms with Gasteiger partial charge in [0.2, 0.25) is 0 Å². The Morgan fingerprint density at radius 3 is 2.44 bits per heavy atom. The van der Waals surface area contributed by atoms with Crippen LogP contribution < -0.4 is 10.9 Å². The predicted octanol–water partition coefficient (Wildman–Crippen LogP) is 0.0929. The van der Waals surface area contributed by atoms with Crippen LogP contribution in [0.2, 0.25) is 0 Å². The van der Waals surface area contributed by atoms with Crippen LogP contribution in [0.4, 0.5) is 10.5 Å². The molecule has 0 atom stereocenters. The third-order valence-corrected chi connectivity index (χ3v) is 1.76. The van der Waals surface area contributed by atoms with Crippen LogP contribution in [0.3, 0.4) is 0 Å². The summed E-state index contributed by atoms with van der Waals surface area (Å²) >= 11 is 0. The first kappa shape index (κ1) is 12.3. The van der Waals surface area contributed by atoms with E-state index in [9.17, 15) is 4.79 Å². The van der Waals surface area contributed by atoms with Crippen molar-refractivity contribution in [2.75, 3.05) is 18.6 Å². The SMILES string of the molecule is O=C(NNc1ccccc1)OC(CO)CO. The molecule has 6 nitrogen and oxygen atoms in total. The fourth-order valence-corrected chi connectivity index (χ4v) is 0.958. The minimum atomic E-state index is -0.905. The molecule has 0 aliphatic rings. The van der Waals surface area contributed by atoms with E-state index in [0.717, 1.165) is 0 Å². The highest BCUT2D eigenvalue weighted by Crippen LogP contribution is 2.02. The molecule has 4 N–H and O–H groups in total. The normalized spacial score (nSPS) is 9.94. The maximum absolute atomic E-state index is 11.1. The number of para-hydroxylation sites is 1. The Balaban J connectivity index is 2.30. The molecule has 6 heteroatoms. The number of nitrogens with one attached hydrogen (secondary N) is 2. The van der Waals surface area contributed by atoms with Crippen molar-refractivity contribution in [1.29, 1.82) is 0 Å². The van der Waals surface area contributed by atoms with Crippen LogP contribution in [0.15, 0.2) is 30.3 Å². The smallest absolute Gasteiger partial charge is 0.426 e. The molecule has 88 valence electrons. The van der Waals surface area contributed by atoms with Crippen LogP contribution >= 0.6 is 0 Å². The maximum Gasteiger partial charge on any atom is 0.426 e. The lowest BCUT2D eigenvalue weighted by atomic mass is 10.3. The molecule has 0 bridgehead atoms. The average molecular weight is 226 g/mol. The van der Waals surface area contributed by atoms with E-state index in [-0.39, 0.29) is 0 Å². The van der Waals surface area contributed by atoms with Crippen LogP contribution in [-0.4, -0.2) is 35.6 Å². The van der Waals surface area contributed by atoms with Crippen LogP contribution in [0, 0.1) is 0 Å². The summed E-state index contributed by atoms with van der Waals surface area (Å²) in [5.74, 6) is 0. The fourth-order valence-electron chi connectivity index (χ4n) is 0.958. The Morgan fingerprint density at radius 1 is 1.25 bits per heavy atom. The Kier molecular flexibility index (Phi) is 5.10. The number of benzene rings is 1. The van der Waals surface area contributed by atoms with Gasteiger partial charge in [0.1, 0.15) is 6.10 Å². The van der Waals surface area contributed by atoms with Crippen molar-refractivity contribution in [3.63, 3.8) is 0 Å². The number of aliphatic hydroxyl groups is 2. The molecular weight excluding hydrogens is 212 g/mol. The largest absolute Gasteiger partial charge is 0.440 e. The molecule has 0 saturated carbocycles. The van der Waals surface area contributed by atoms with E-state index < -0.39 is 25.4 Å². The number of hydrogen-bond donors (Lipinski definition) is 4. The van der Waals surface area contributed by atoms with Gasteiger partial charge in [-0.2, -0.15) is 0 Å².